The molecular weight excluding hydrogens is 346 g/mol. The first kappa shape index (κ1) is 16.9. The van der Waals surface area contributed by atoms with Crippen LogP contribution in [0.1, 0.15) is 22.3 Å². The molecule has 1 amide bonds. The number of rotatable bonds is 4. The molecule has 0 bridgehead atoms. The Hall–Kier alpha value is -2.57. The number of aromatic nitrogens is 2. The Morgan fingerprint density at radius 2 is 2.12 bits per heavy atom. The molecule has 26 heavy (non-hydrogen) atoms. The number of thiazole rings is 1. The SMILES string of the molecule is Cc1nc(CN2C(=O)COCC2c2cnccc2-c2ccccc2)cs1. The van der Waals surface area contributed by atoms with E-state index < -0.39 is 0 Å². The van der Waals surface area contributed by atoms with Crippen molar-refractivity contribution in [2.24, 2.45) is 0 Å². The molecule has 1 aliphatic heterocycles. The van der Waals surface area contributed by atoms with Crippen LogP contribution in [-0.2, 0) is 16.1 Å². The van der Waals surface area contributed by atoms with Gasteiger partial charge in [0.25, 0.3) is 0 Å². The van der Waals surface area contributed by atoms with Crippen molar-refractivity contribution in [1.29, 1.82) is 0 Å². The van der Waals surface area contributed by atoms with E-state index in [1.165, 1.54) is 0 Å². The highest BCUT2D eigenvalue weighted by Gasteiger charge is 2.32. The van der Waals surface area contributed by atoms with Crippen LogP contribution in [0.15, 0.2) is 54.2 Å². The first-order valence-electron chi connectivity index (χ1n) is 8.50. The minimum Gasteiger partial charge on any atom is -0.369 e. The number of hydrogen-bond donors (Lipinski definition) is 0. The van der Waals surface area contributed by atoms with E-state index in [0.717, 1.165) is 27.4 Å². The number of carbonyl (C=O) groups is 1. The van der Waals surface area contributed by atoms with Gasteiger partial charge in [0.1, 0.15) is 6.61 Å². The van der Waals surface area contributed by atoms with Crippen LogP contribution in [0.2, 0.25) is 0 Å². The molecular formula is C20H19N3O2S. The molecule has 0 radical (unpaired) electrons. The average molecular weight is 365 g/mol. The zero-order chi connectivity index (χ0) is 17.9. The van der Waals surface area contributed by atoms with Crippen LogP contribution in [0.5, 0.6) is 0 Å². The van der Waals surface area contributed by atoms with Crippen molar-refractivity contribution in [1.82, 2.24) is 14.9 Å². The van der Waals surface area contributed by atoms with Gasteiger partial charge in [0.05, 0.1) is 29.9 Å². The van der Waals surface area contributed by atoms with Crippen LogP contribution < -0.4 is 0 Å². The van der Waals surface area contributed by atoms with Gasteiger partial charge in [-0.2, -0.15) is 0 Å². The molecule has 1 unspecified atom stereocenters. The number of morpholine rings is 1. The van der Waals surface area contributed by atoms with Gasteiger partial charge in [-0.25, -0.2) is 4.98 Å². The lowest BCUT2D eigenvalue weighted by Crippen LogP contribution is -2.43. The van der Waals surface area contributed by atoms with E-state index in [1.54, 1.807) is 17.5 Å². The van der Waals surface area contributed by atoms with Crippen molar-refractivity contribution in [3.63, 3.8) is 0 Å². The van der Waals surface area contributed by atoms with Crippen LogP contribution in [0.4, 0.5) is 0 Å². The number of hydrogen-bond acceptors (Lipinski definition) is 5. The molecule has 2 aromatic heterocycles. The summed E-state index contributed by atoms with van der Waals surface area (Å²) in [5.41, 5.74) is 4.09. The normalized spacial score (nSPS) is 17.5. The van der Waals surface area contributed by atoms with Crippen molar-refractivity contribution in [3.8, 4) is 11.1 Å². The van der Waals surface area contributed by atoms with Crippen LogP contribution >= 0.6 is 11.3 Å². The summed E-state index contributed by atoms with van der Waals surface area (Å²) in [6.07, 6.45) is 3.62. The second-order valence-corrected chi connectivity index (χ2v) is 7.30. The van der Waals surface area contributed by atoms with Gasteiger partial charge in [-0.1, -0.05) is 30.3 Å². The Balaban J connectivity index is 1.72. The van der Waals surface area contributed by atoms with Gasteiger partial charge in [0.15, 0.2) is 0 Å². The highest BCUT2D eigenvalue weighted by Crippen LogP contribution is 2.33. The average Bonchev–Trinajstić information content (AvgIpc) is 3.09. The quantitative estimate of drug-likeness (QED) is 0.709. The van der Waals surface area contributed by atoms with E-state index >= 15 is 0 Å². The minimum absolute atomic E-state index is 0.0187. The van der Waals surface area contributed by atoms with Crippen LogP contribution in [0.25, 0.3) is 11.1 Å². The van der Waals surface area contributed by atoms with Crippen molar-refractivity contribution in [2.45, 2.75) is 19.5 Å². The fourth-order valence-corrected chi connectivity index (χ4v) is 3.87. The Morgan fingerprint density at radius 3 is 2.88 bits per heavy atom. The van der Waals surface area contributed by atoms with Crippen LogP contribution in [-0.4, -0.2) is 34.0 Å². The minimum atomic E-state index is -0.179. The fourth-order valence-electron chi connectivity index (χ4n) is 3.27. The molecule has 5 nitrogen and oxygen atoms in total. The van der Waals surface area contributed by atoms with E-state index in [4.69, 9.17) is 4.74 Å². The number of amides is 1. The van der Waals surface area contributed by atoms with Gasteiger partial charge in [-0.05, 0) is 24.1 Å². The number of aryl methyl sites for hydroxylation is 1. The monoisotopic (exact) mass is 365 g/mol. The zero-order valence-electron chi connectivity index (χ0n) is 14.5. The molecule has 4 rings (SSSR count). The Bertz CT molecular complexity index is 910. The molecule has 0 spiro atoms. The second kappa shape index (κ2) is 7.35. The molecule has 132 valence electrons. The fraction of sp³-hybridized carbons (Fsp3) is 0.250. The Morgan fingerprint density at radius 1 is 1.27 bits per heavy atom. The summed E-state index contributed by atoms with van der Waals surface area (Å²) < 4.78 is 5.58. The van der Waals surface area contributed by atoms with E-state index in [2.05, 4.69) is 22.1 Å². The molecule has 1 fully saturated rings. The molecule has 3 heterocycles. The lowest BCUT2D eigenvalue weighted by molar-refractivity contribution is -0.149. The molecule has 0 N–H and O–H groups in total. The maximum absolute atomic E-state index is 12.6. The maximum Gasteiger partial charge on any atom is 0.249 e. The van der Waals surface area contributed by atoms with Gasteiger partial charge in [-0.15, -0.1) is 11.3 Å². The van der Waals surface area contributed by atoms with E-state index in [0.29, 0.717) is 13.2 Å². The summed E-state index contributed by atoms with van der Waals surface area (Å²) in [5, 5.41) is 3.01. The molecule has 3 aromatic rings. The van der Waals surface area contributed by atoms with Crippen molar-refractivity contribution >= 4 is 17.2 Å². The zero-order valence-corrected chi connectivity index (χ0v) is 15.3. The summed E-state index contributed by atoms with van der Waals surface area (Å²) >= 11 is 1.60. The second-order valence-electron chi connectivity index (χ2n) is 6.24. The molecule has 0 saturated carbocycles. The predicted molar refractivity (Wildman–Crippen MR) is 101 cm³/mol. The highest BCUT2D eigenvalue weighted by atomic mass is 32.1. The number of nitrogens with zero attached hydrogens (tertiary/aromatic N) is 3. The largest absolute Gasteiger partial charge is 0.369 e. The summed E-state index contributed by atoms with van der Waals surface area (Å²) in [6.45, 7) is 3.03. The Labute approximate surface area is 156 Å². The lowest BCUT2D eigenvalue weighted by atomic mass is 9.95. The Kier molecular flexibility index (Phi) is 4.77. The summed E-state index contributed by atoms with van der Waals surface area (Å²) in [6, 6.07) is 12.0. The predicted octanol–water partition coefficient (Wildman–Crippen LogP) is 3.61. The van der Waals surface area contributed by atoms with E-state index in [9.17, 15) is 4.79 Å². The van der Waals surface area contributed by atoms with Gasteiger partial charge in [-0.3, -0.25) is 9.78 Å². The van der Waals surface area contributed by atoms with Gasteiger partial charge in [0, 0.05) is 23.3 Å². The smallest absolute Gasteiger partial charge is 0.249 e. The third-order valence-electron chi connectivity index (χ3n) is 4.49. The molecule has 1 saturated heterocycles. The van der Waals surface area contributed by atoms with Gasteiger partial charge in [0.2, 0.25) is 5.91 Å². The number of ether oxygens (including phenoxy) is 1. The van der Waals surface area contributed by atoms with Crippen LogP contribution in [0.3, 0.4) is 0 Å². The lowest BCUT2D eigenvalue weighted by Gasteiger charge is -2.36. The molecule has 1 aromatic carbocycles. The molecule has 1 aliphatic rings. The third-order valence-corrected chi connectivity index (χ3v) is 5.31. The molecule has 0 aliphatic carbocycles. The number of benzene rings is 1. The van der Waals surface area contributed by atoms with E-state index in [1.807, 2.05) is 47.7 Å². The van der Waals surface area contributed by atoms with Crippen molar-refractivity contribution in [3.05, 3.63) is 70.4 Å². The maximum atomic E-state index is 12.6. The number of pyridine rings is 1. The van der Waals surface area contributed by atoms with Gasteiger partial charge < -0.3 is 9.64 Å². The standard InChI is InChI=1S/C20H19N3O2S/c1-14-22-16(13-26-14)10-23-19(11-25-12-20(23)24)18-9-21-8-7-17(18)15-5-3-2-4-6-15/h2-9,13,19H,10-12H2,1H3. The first-order valence-corrected chi connectivity index (χ1v) is 9.38. The molecule has 6 heteroatoms. The number of carbonyl (C=O) groups excluding carboxylic acids is 1. The third kappa shape index (κ3) is 3.38. The highest BCUT2D eigenvalue weighted by molar-refractivity contribution is 7.09. The first-order chi connectivity index (χ1) is 12.7. The van der Waals surface area contributed by atoms with Crippen molar-refractivity contribution in [2.75, 3.05) is 13.2 Å². The topological polar surface area (TPSA) is 55.3 Å². The summed E-state index contributed by atoms with van der Waals surface area (Å²) in [7, 11) is 0. The van der Waals surface area contributed by atoms with Gasteiger partial charge >= 0.3 is 0 Å². The van der Waals surface area contributed by atoms with Crippen molar-refractivity contribution < 1.29 is 9.53 Å². The molecule has 1 atom stereocenters. The van der Waals surface area contributed by atoms with Crippen LogP contribution in [0, 0.1) is 6.92 Å². The summed E-state index contributed by atoms with van der Waals surface area (Å²) in [4.78, 5) is 23.3. The summed E-state index contributed by atoms with van der Waals surface area (Å²) in [5.74, 6) is -0.0187. The van der Waals surface area contributed by atoms with E-state index in [-0.39, 0.29) is 18.6 Å².